The summed E-state index contributed by atoms with van der Waals surface area (Å²) in [5.74, 6) is -1.10. The van der Waals surface area contributed by atoms with Gasteiger partial charge in [0.2, 0.25) is 0 Å². The van der Waals surface area contributed by atoms with Crippen LogP contribution in [0.5, 0.6) is 0 Å². The SMILES string of the molecule is O=C(NCCCn1c(=O)cc2n(c1=O)CCCS2(=O)=O)c1c(C(F)(F)F)c2cnc3cccc1n32. The van der Waals surface area contributed by atoms with Crippen LogP contribution >= 0.6 is 0 Å². The summed E-state index contributed by atoms with van der Waals surface area (Å²) in [5, 5.41) is 2.11. The Balaban J connectivity index is 1.37. The van der Waals surface area contributed by atoms with Gasteiger partial charge in [0.1, 0.15) is 10.7 Å². The van der Waals surface area contributed by atoms with E-state index in [1.165, 1.54) is 22.6 Å². The molecule has 0 aliphatic carbocycles. The first kappa shape index (κ1) is 23.1. The zero-order valence-electron chi connectivity index (χ0n) is 18.0. The number of rotatable bonds is 5. The minimum atomic E-state index is -4.80. The van der Waals surface area contributed by atoms with Crippen molar-refractivity contribution in [1.29, 1.82) is 0 Å². The van der Waals surface area contributed by atoms with Crippen molar-refractivity contribution in [2.45, 2.75) is 37.1 Å². The predicted octanol–water partition coefficient (Wildman–Crippen LogP) is 1.26. The molecule has 4 aromatic rings. The van der Waals surface area contributed by atoms with E-state index >= 15 is 0 Å². The Bertz CT molecular complexity index is 1700. The zero-order chi connectivity index (χ0) is 25.1. The van der Waals surface area contributed by atoms with Crippen LogP contribution in [0.4, 0.5) is 13.2 Å². The molecule has 5 rings (SSSR count). The van der Waals surface area contributed by atoms with Gasteiger partial charge in [-0.15, -0.1) is 0 Å². The van der Waals surface area contributed by atoms with E-state index in [2.05, 4.69) is 10.3 Å². The first-order valence-corrected chi connectivity index (χ1v) is 12.3. The van der Waals surface area contributed by atoms with Crippen molar-refractivity contribution in [3.63, 3.8) is 0 Å². The van der Waals surface area contributed by atoms with Gasteiger partial charge >= 0.3 is 11.9 Å². The summed E-state index contributed by atoms with van der Waals surface area (Å²) in [7, 11) is -3.71. The number of hydrogen-bond donors (Lipinski definition) is 1. The Labute approximate surface area is 194 Å². The van der Waals surface area contributed by atoms with Crippen molar-refractivity contribution in [3.8, 4) is 0 Å². The largest absolute Gasteiger partial charge is 0.419 e. The van der Waals surface area contributed by atoms with E-state index in [0.717, 1.165) is 21.4 Å². The number of carbonyl (C=O) groups is 1. The lowest BCUT2D eigenvalue weighted by Crippen LogP contribution is -2.44. The van der Waals surface area contributed by atoms with Crippen LogP contribution in [0.15, 0.2) is 45.1 Å². The maximum Gasteiger partial charge on any atom is 0.419 e. The molecule has 1 amide bonds. The Morgan fingerprint density at radius 1 is 1.17 bits per heavy atom. The number of alkyl halides is 3. The number of amides is 1. The minimum absolute atomic E-state index is 0.0552. The van der Waals surface area contributed by atoms with Gasteiger partial charge in [-0.1, -0.05) is 6.07 Å². The van der Waals surface area contributed by atoms with E-state index in [0.29, 0.717) is 0 Å². The molecule has 10 nitrogen and oxygen atoms in total. The third-order valence-electron chi connectivity index (χ3n) is 6.00. The quantitative estimate of drug-likeness (QED) is 0.319. The van der Waals surface area contributed by atoms with Crippen molar-refractivity contribution in [1.82, 2.24) is 23.8 Å². The maximum atomic E-state index is 13.8. The first-order valence-electron chi connectivity index (χ1n) is 10.6. The number of hydrogen-bond acceptors (Lipinski definition) is 6. The summed E-state index contributed by atoms with van der Waals surface area (Å²) in [4.78, 5) is 41.8. The van der Waals surface area contributed by atoms with Gasteiger partial charge in [0.05, 0.1) is 34.1 Å². The van der Waals surface area contributed by atoms with Crippen molar-refractivity contribution >= 4 is 32.4 Å². The van der Waals surface area contributed by atoms with Crippen LogP contribution in [0.3, 0.4) is 0 Å². The zero-order valence-corrected chi connectivity index (χ0v) is 18.8. The molecule has 0 saturated heterocycles. The van der Waals surface area contributed by atoms with Gasteiger partial charge in [-0.05, 0) is 25.0 Å². The summed E-state index contributed by atoms with van der Waals surface area (Å²) >= 11 is 0. The van der Waals surface area contributed by atoms with Gasteiger partial charge in [-0.3, -0.25) is 23.1 Å². The molecule has 0 unspecified atom stereocenters. The smallest absolute Gasteiger partial charge is 0.352 e. The number of imidazole rings is 1. The lowest BCUT2D eigenvalue weighted by molar-refractivity contribution is -0.136. The van der Waals surface area contributed by atoms with Crippen LogP contribution < -0.4 is 16.6 Å². The molecular weight excluding hydrogens is 491 g/mol. The van der Waals surface area contributed by atoms with Crippen LogP contribution in [0.2, 0.25) is 0 Å². The second kappa shape index (κ2) is 7.93. The van der Waals surface area contributed by atoms with Crippen molar-refractivity contribution in [2.75, 3.05) is 12.3 Å². The van der Waals surface area contributed by atoms with E-state index < -0.39 is 44.3 Å². The molecule has 0 atom stereocenters. The van der Waals surface area contributed by atoms with Crippen LogP contribution in [-0.4, -0.2) is 45.1 Å². The molecule has 0 saturated carbocycles. The van der Waals surface area contributed by atoms with Crippen LogP contribution in [0, 0.1) is 0 Å². The highest BCUT2D eigenvalue weighted by Gasteiger charge is 2.41. The molecule has 0 spiro atoms. The summed E-state index contributed by atoms with van der Waals surface area (Å²) in [6.07, 6.45) is -3.43. The number of halogens is 3. The van der Waals surface area contributed by atoms with Gasteiger partial charge < -0.3 is 5.32 Å². The van der Waals surface area contributed by atoms with Crippen LogP contribution in [0.25, 0.3) is 16.7 Å². The monoisotopic (exact) mass is 509 g/mol. The second-order valence-corrected chi connectivity index (χ2v) is 10.2. The van der Waals surface area contributed by atoms with Crippen molar-refractivity contribution in [3.05, 3.63) is 62.4 Å². The fraction of sp³-hybridized carbons (Fsp3) is 0.333. The molecule has 35 heavy (non-hydrogen) atoms. The van der Waals surface area contributed by atoms with Crippen LogP contribution in [-0.2, 0) is 29.1 Å². The highest BCUT2D eigenvalue weighted by molar-refractivity contribution is 7.91. The third-order valence-corrected chi connectivity index (χ3v) is 7.80. The Kier molecular flexibility index (Phi) is 5.23. The number of fused-ring (bicyclic) bond motifs is 1. The van der Waals surface area contributed by atoms with Gasteiger partial charge in [0, 0.05) is 25.7 Å². The summed E-state index contributed by atoms with van der Waals surface area (Å²) in [5.41, 5.74) is -3.09. The predicted molar refractivity (Wildman–Crippen MR) is 117 cm³/mol. The van der Waals surface area contributed by atoms with E-state index in [9.17, 15) is 36.0 Å². The third kappa shape index (κ3) is 3.68. The normalized spacial score (nSPS) is 15.5. The lowest BCUT2D eigenvalue weighted by atomic mass is 10.1. The maximum absolute atomic E-state index is 13.8. The number of sulfone groups is 1. The molecule has 1 aliphatic rings. The fourth-order valence-corrected chi connectivity index (χ4v) is 5.99. The molecule has 184 valence electrons. The lowest BCUT2D eigenvalue weighted by Gasteiger charge is -2.19. The second-order valence-electron chi connectivity index (χ2n) is 8.18. The van der Waals surface area contributed by atoms with E-state index in [1.807, 2.05) is 0 Å². The molecule has 0 fully saturated rings. The highest BCUT2D eigenvalue weighted by Crippen LogP contribution is 2.39. The molecule has 4 aromatic heterocycles. The van der Waals surface area contributed by atoms with Gasteiger partial charge in [-0.2, -0.15) is 13.2 Å². The highest BCUT2D eigenvalue weighted by atomic mass is 32.2. The Hall–Kier alpha value is -3.68. The summed E-state index contributed by atoms with van der Waals surface area (Å²) in [6, 6.07) is 5.33. The average Bonchev–Trinajstić information content (AvgIpc) is 3.35. The topological polar surface area (TPSA) is 125 Å². The Morgan fingerprint density at radius 2 is 1.94 bits per heavy atom. The van der Waals surface area contributed by atoms with E-state index in [4.69, 9.17) is 0 Å². The minimum Gasteiger partial charge on any atom is -0.352 e. The van der Waals surface area contributed by atoms with Gasteiger partial charge in [0.15, 0.2) is 9.84 Å². The van der Waals surface area contributed by atoms with Crippen molar-refractivity contribution in [2.24, 2.45) is 0 Å². The Morgan fingerprint density at radius 3 is 2.69 bits per heavy atom. The molecule has 1 aliphatic heterocycles. The summed E-state index contributed by atoms with van der Waals surface area (Å²) in [6.45, 7) is -0.120. The summed E-state index contributed by atoms with van der Waals surface area (Å²) < 4.78 is 68.9. The average molecular weight is 509 g/mol. The molecule has 14 heteroatoms. The first-order chi connectivity index (χ1) is 16.5. The molecule has 0 aromatic carbocycles. The fourth-order valence-electron chi connectivity index (χ4n) is 4.49. The number of pyridine rings is 1. The standard InChI is InChI=1S/C21H18F3N5O5S/c22-21(23,24)18-13-11-26-14-5-1-4-12(29(13)14)17(18)19(31)25-6-2-7-27-15(30)10-16-28(20(27)32)8-3-9-35(16,33)34/h1,4-5,10-11H,2-3,6-9H2,(H,25,31). The molecule has 1 N–H and O–H groups in total. The number of nitrogens with zero attached hydrogens (tertiary/aromatic N) is 4. The van der Waals surface area contributed by atoms with Crippen LogP contribution in [0.1, 0.15) is 28.8 Å². The molecule has 5 heterocycles. The number of nitrogens with one attached hydrogen (secondary N) is 1. The van der Waals surface area contributed by atoms with Crippen molar-refractivity contribution < 1.29 is 26.4 Å². The number of carbonyl (C=O) groups excluding carboxylic acids is 1. The number of aromatic nitrogens is 4. The van der Waals surface area contributed by atoms with E-state index in [-0.39, 0.29) is 59.9 Å². The molecular formula is C21H18F3N5O5S. The van der Waals surface area contributed by atoms with Gasteiger partial charge in [-0.25, -0.2) is 18.2 Å². The van der Waals surface area contributed by atoms with Gasteiger partial charge in [0.25, 0.3) is 11.5 Å². The molecule has 0 bridgehead atoms. The van der Waals surface area contributed by atoms with E-state index in [1.54, 1.807) is 0 Å². The molecule has 0 radical (unpaired) electrons.